The number of hydrogen-bond acceptors (Lipinski definition) is 3. The monoisotopic (exact) mass is 778 g/mol. The second-order valence-corrected chi connectivity index (χ2v) is 15.7. The topological polar surface area (TPSA) is 48.8 Å². The highest BCUT2D eigenvalue weighted by molar-refractivity contribution is 6.22. The maximum Gasteiger partial charge on any atom is 0.164 e. The normalized spacial score (nSPS) is 11.9. The first-order valence-electron chi connectivity index (χ1n) is 20.7. The fourth-order valence-electron chi connectivity index (χ4n) is 9.79. The summed E-state index contributed by atoms with van der Waals surface area (Å²) < 4.78 is 11.8. The summed E-state index contributed by atoms with van der Waals surface area (Å²) in [7, 11) is 0. The number of rotatable bonds is 5. The first-order valence-corrected chi connectivity index (χ1v) is 20.7. The van der Waals surface area contributed by atoms with Gasteiger partial charge in [-0.3, -0.25) is 0 Å². The Morgan fingerprint density at radius 2 is 0.984 bits per heavy atom. The van der Waals surface area contributed by atoms with Gasteiger partial charge in [0.2, 0.25) is 0 Å². The van der Waals surface area contributed by atoms with Gasteiger partial charge in [0, 0.05) is 54.5 Å². The zero-order valence-corrected chi connectivity index (χ0v) is 32.8. The summed E-state index contributed by atoms with van der Waals surface area (Å²) >= 11 is 0. The van der Waals surface area contributed by atoms with Crippen LogP contribution in [0.4, 0.5) is 0 Å². The van der Waals surface area contributed by atoms with Gasteiger partial charge in [-0.1, -0.05) is 152 Å². The predicted octanol–water partition coefficient (Wildman–Crippen LogP) is 14.7. The average Bonchev–Trinajstić information content (AvgIpc) is 4.00. The molecule has 0 saturated carbocycles. The van der Waals surface area contributed by atoms with Crippen molar-refractivity contribution >= 4 is 76.5 Å². The minimum Gasteiger partial charge on any atom is -0.455 e. The van der Waals surface area contributed by atoms with Gasteiger partial charge in [-0.25, -0.2) is 9.97 Å². The summed E-state index contributed by atoms with van der Waals surface area (Å²) in [6.45, 7) is 0. The Labute approximate surface area is 350 Å². The van der Waals surface area contributed by atoms with Crippen LogP contribution >= 0.6 is 0 Å². The lowest BCUT2D eigenvalue weighted by Crippen LogP contribution is -1.97. The van der Waals surface area contributed by atoms with Crippen molar-refractivity contribution in [1.82, 2.24) is 19.1 Å². The van der Waals surface area contributed by atoms with Gasteiger partial charge in [0.15, 0.2) is 5.82 Å². The number of aromatic nitrogens is 4. The summed E-state index contributed by atoms with van der Waals surface area (Å²) in [5.41, 5.74) is 14.4. The molecule has 13 rings (SSSR count). The zero-order valence-electron chi connectivity index (χ0n) is 32.8. The van der Waals surface area contributed by atoms with Gasteiger partial charge in [-0.2, -0.15) is 0 Å². The van der Waals surface area contributed by atoms with Crippen molar-refractivity contribution in [1.29, 1.82) is 0 Å². The van der Waals surface area contributed by atoms with Crippen LogP contribution in [0.15, 0.2) is 211 Å². The molecule has 61 heavy (non-hydrogen) atoms. The third-order valence-electron chi connectivity index (χ3n) is 12.3. The highest BCUT2D eigenvalue weighted by atomic mass is 16.3. The van der Waals surface area contributed by atoms with E-state index in [9.17, 15) is 0 Å². The quantitative estimate of drug-likeness (QED) is 0.175. The number of fused-ring (bicyclic) bond motifs is 10. The Balaban J connectivity index is 1.09. The Morgan fingerprint density at radius 1 is 0.377 bits per heavy atom. The van der Waals surface area contributed by atoms with Crippen LogP contribution in [0.2, 0.25) is 0 Å². The van der Waals surface area contributed by atoms with Crippen molar-refractivity contribution in [3.05, 3.63) is 206 Å². The molecule has 9 aromatic carbocycles. The Hall–Kier alpha value is -8.28. The Kier molecular flexibility index (Phi) is 7.24. The molecule has 0 fully saturated rings. The third-order valence-corrected chi connectivity index (χ3v) is 12.3. The van der Waals surface area contributed by atoms with Crippen LogP contribution in [0, 0.1) is 0 Å². The van der Waals surface area contributed by atoms with Gasteiger partial charge in [0.25, 0.3) is 0 Å². The highest BCUT2D eigenvalue weighted by Gasteiger charge is 2.24. The average molecular weight is 779 g/mol. The van der Waals surface area contributed by atoms with E-state index in [0.717, 1.165) is 88.7 Å². The predicted molar refractivity (Wildman–Crippen MR) is 252 cm³/mol. The highest BCUT2D eigenvalue weighted by Crippen LogP contribution is 2.46. The number of furan rings is 1. The van der Waals surface area contributed by atoms with E-state index >= 15 is 0 Å². The smallest absolute Gasteiger partial charge is 0.164 e. The molecule has 0 N–H and O–H groups in total. The van der Waals surface area contributed by atoms with E-state index in [4.69, 9.17) is 14.4 Å². The van der Waals surface area contributed by atoms with Crippen LogP contribution < -0.4 is 0 Å². The van der Waals surface area contributed by atoms with Crippen LogP contribution in [-0.4, -0.2) is 19.1 Å². The summed E-state index contributed by atoms with van der Waals surface area (Å²) in [6.07, 6.45) is 0. The van der Waals surface area contributed by atoms with Crippen LogP contribution in [0.5, 0.6) is 0 Å². The fraction of sp³-hybridized carbons (Fsp3) is 0. The van der Waals surface area contributed by atoms with Gasteiger partial charge in [-0.05, 0) is 60.2 Å². The van der Waals surface area contributed by atoms with E-state index in [1.807, 2.05) is 18.2 Å². The van der Waals surface area contributed by atoms with Gasteiger partial charge in [0.05, 0.1) is 44.5 Å². The molecule has 0 aliphatic heterocycles. The fourth-order valence-corrected chi connectivity index (χ4v) is 9.79. The second kappa shape index (κ2) is 13.1. The largest absolute Gasteiger partial charge is 0.455 e. The maximum absolute atomic E-state index is 6.90. The van der Waals surface area contributed by atoms with Gasteiger partial charge < -0.3 is 13.6 Å². The molecule has 0 bridgehead atoms. The molecule has 284 valence electrons. The molecule has 5 heteroatoms. The van der Waals surface area contributed by atoms with E-state index in [1.165, 1.54) is 27.1 Å². The van der Waals surface area contributed by atoms with E-state index in [2.05, 4.69) is 197 Å². The molecule has 4 heterocycles. The van der Waals surface area contributed by atoms with Gasteiger partial charge in [0.1, 0.15) is 11.2 Å². The van der Waals surface area contributed by atoms with Crippen molar-refractivity contribution < 1.29 is 4.42 Å². The lowest BCUT2D eigenvalue weighted by atomic mass is 9.96. The number of hydrogen-bond donors (Lipinski definition) is 0. The lowest BCUT2D eigenvalue weighted by molar-refractivity contribution is 0.669. The summed E-state index contributed by atoms with van der Waals surface area (Å²) in [5, 5.41) is 7.92. The first kappa shape index (κ1) is 33.7. The molecule has 5 nitrogen and oxygen atoms in total. The van der Waals surface area contributed by atoms with Crippen LogP contribution in [0.3, 0.4) is 0 Å². The number of benzene rings is 9. The minimum atomic E-state index is 0.633. The van der Waals surface area contributed by atoms with Crippen LogP contribution in [-0.2, 0) is 0 Å². The molecule has 0 unspecified atom stereocenters. The molecule has 0 aliphatic carbocycles. The van der Waals surface area contributed by atoms with Crippen molar-refractivity contribution in [2.45, 2.75) is 0 Å². The molecule has 0 atom stereocenters. The van der Waals surface area contributed by atoms with E-state index in [-0.39, 0.29) is 0 Å². The minimum absolute atomic E-state index is 0.633. The summed E-state index contributed by atoms with van der Waals surface area (Å²) in [6, 6.07) is 73.0. The SMILES string of the molecule is c1ccc(-c2nc(-c3cccc4c3oc3cccc(-c5cccc6c7ccccc7n(-c7cccc8c7c7ccccc7n8-c7ccccc7)c56)c34)nc3ccccc23)cc1. The summed E-state index contributed by atoms with van der Waals surface area (Å²) in [5.74, 6) is 0.633. The molecule has 4 aromatic heterocycles. The molecule has 0 spiro atoms. The van der Waals surface area contributed by atoms with E-state index in [1.54, 1.807) is 0 Å². The number of nitrogens with zero attached hydrogens (tertiary/aromatic N) is 4. The number of para-hydroxylation sites is 6. The summed E-state index contributed by atoms with van der Waals surface area (Å²) in [4.78, 5) is 10.4. The maximum atomic E-state index is 6.90. The molecular weight excluding hydrogens is 745 g/mol. The van der Waals surface area contributed by atoms with E-state index in [0.29, 0.717) is 5.82 Å². The Bertz CT molecular complexity index is 3880. The lowest BCUT2D eigenvalue weighted by Gasteiger charge is -2.14. The second-order valence-electron chi connectivity index (χ2n) is 15.7. The van der Waals surface area contributed by atoms with Crippen LogP contribution in [0.1, 0.15) is 0 Å². The van der Waals surface area contributed by atoms with Gasteiger partial charge in [-0.15, -0.1) is 0 Å². The third kappa shape index (κ3) is 4.95. The first-order chi connectivity index (χ1) is 30.3. The van der Waals surface area contributed by atoms with Crippen molar-refractivity contribution in [3.8, 4) is 45.1 Å². The van der Waals surface area contributed by atoms with Gasteiger partial charge >= 0.3 is 0 Å². The van der Waals surface area contributed by atoms with Crippen molar-refractivity contribution in [2.24, 2.45) is 0 Å². The molecular formula is C56H34N4O. The molecule has 0 saturated heterocycles. The van der Waals surface area contributed by atoms with E-state index < -0.39 is 0 Å². The molecule has 0 radical (unpaired) electrons. The standard InChI is InChI=1S/C56H34N4O/c1-3-17-35(18-4-1)53-41-22-7-10-29-45(41)57-56(58-53)44-28-14-27-43-51-38(24-15-34-50(51)61-55(43)44)40-26-13-25-39-37-21-8-11-30-46(37)60(54(39)40)49-33-16-32-48-52(49)42-23-9-12-31-47(42)59(48)36-19-5-2-6-20-36/h1-34H. The van der Waals surface area contributed by atoms with Crippen LogP contribution in [0.25, 0.3) is 122 Å². The van der Waals surface area contributed by atoms with Crippen molar-refractivity contribution in [2.75, 3.05) is 0 Å². The molecule has 0 aliphatic rings. The molecule has 0 amide bonds. The Morgan fingerprint density at radius 3 is 1.82 bits per heavy atom. The van der Waals surface area contributed by atoms with Crippen molar-refractivity contribution in [3.63, 3.8) is 0 Å². The molecule has 13 aromatic rings. The zero-order chi connectivity index (χ0) is 40.0.